The van der Waals surface area contributed by atoms with E-state index in [1.54, 1.807) is 0 Å². The lowest BCUT2D eigenvalue weighted by Crippen LogP contribution is -2.18. The zero-order valence-electron chi connectivity index (χ0n) is 13.6. The van der Waals surface area contributed by atoms with Crippen molar-refractivity contribution in [2.45, 2.75) is 58.5 Å². The van der Waals surface area contributed by atoms with Gasteiger partial charge in [0.05, 0.1) is 0 Å². The third-order valence-electron chi connectivity index (χ3n) is 3.26. The van der Waals surface area contributed by atoms with Gasteiger partial charge >= 0.3 is 0 Å². The Morgan fingerprint density at radius 3 is 1.60 bits per heavy atom. The fourth-order valence-electron chi connectivity index (χ4n) is 2.27. The number of hydrogen-bond acceptors (Lipinski definition) is 2. The summed E-state index contributed by atoms with van der Waals surface area (Å²) in [4.78, 5) is 9.62. The Morgan fingerprint density at radius 2 is 1.35 bits per heavy atom. The molecule has 20 heavy (non-hydrogen) atoms. The van der Waals surface area contributed by atoms with Crippen LogP contribution in [0.2, 0.25) is 0 Å². The largest absolute Gasteiger partial charge is 0.507 e. The number of rotatable bonds is 2. The van der Waals surface area contributed by atoms with Crippen molar-refractivity contribution in [3.05, 3.63) is 28.8 Å². The average Bonchev–Trinajstić information content (AvgIpc) is 2.14. The van der Waals surface area contributed by atoms with E-state index in [0.717, 1.165) is 16.7 Å². The normalized spacial score (nSPS) is 16.0. The SMILES string of the molecule is CC(C)(C)c1cc(CP(C)(=O)O)cc(C(C)(C)C)c1O. The highest BCUT2D eigenvalue weighted by Gasteiger charge is 2.27. The second-order valence-electron chi connectivity index (χ2n) is 7.75. The third-order valence-corrected chi connectivity index (χ3v) is 4.21. The summed E-state index contributed by atoms with van der Waals surface area (Å²) in [6.45, 7) is 13.6. The molecular formula is C16H27O3P. The fraction of sp³-hybridized carbons (Fsp3) is 0.625. The predicted molar refractivity (Wildman–Crippen MR) is 85.0 cm³/mol. The number of phenols is 1. The predicted octanol–water partition coefficient (Wildman–Crippen LogP) is 4.39. The summed E-state index contributed by atoms with van der Waals surface area (Å²) in [7, 11) is -3.13. The van der Waals surface area contributed by atoms with Crippen LogP contribution in [0.1, 0.15) is 58.2 Å². The van der Waals surface area contributed by atoms with Gasteiger partial charge in [-0.3, -0.25) is 4.57 Å². The first-order valence-electron chi connectivity index (χ1n) is 6.88. The first kappa shape index (κ1) is 17.3. The Kier molecular flexibility index (Phi) is 4.49. The molecule has 0 spiro atoms. The highest BCUT2D eigenvalue weighted by atomic mass is 31.2. The highest BCUT2D eigenvalue weighted by molar-refractivity contribution is 7.56. The summed E-state index contributed by atoms with van der Waals surface area (Å²) in [6.07, 6.45) is 0.138. The zero-order valence-corrected chi connectivity index (χ0v) is 14.5. The molecule has 114 valence electrons. The topological polar surface area (TPSA) is 57.5 Å². The number of aromatic hydroxyl groups is 1. The van der Waals surface area contributed by atoms with Crippen molar-refractivity contribution in [2.75, 3.05) is 6.66 Å². The quantitative estimate of drug-likeness (QED) is 0.796. The van der Waals surface area contributed by atoms with Gasteiger partial charge in [-0.25, -0.2) is 0 Å². The highest BCUT2D eigenvalue weighted by Crippen LogP contribution is 2.44. The average molecular weight is 298 g/mol. The van der Waals surface area contributed by atoms with Gasteiger partial charge in [-0.05, 0) is 27.5 Å². The van der Waals surface area contributed by atoms with Crippen LogP contribution in [0, 0.1) is 0 Å². The van der Waals surface area contributed by atoms with Crippen LogP contribution in [-0.2, 0) is 21.6 Å². The van der Waals surface area contributed by atoms with Crippen molar-refractivity contribution in [3.8, 4) is 5.75 Å². The second-order valence-corrected chi connectivity index (χ2v) is 10.2. The summed E-state index contributed by atoms with van der Waals surface area (Å²) in [5, 5.41) is 10.6. The van der Waals surface area contributed by atoms with Gasteiger partial charge in [0, 0.05) is 12.8 Å². The molecule has 4 heteroatoms. The molecule has 1 aromatic rings. The van der Waals surface area contributed by atoms with Crippen LogP contribution >= 0.6 is 7.37 Å². The van der Waals surface area contributed by atoms with Gasteiger partial charge in [0.1, 0.15) is 5.75 Å². The molecule has 0 aromatic heterocycles. The van der Waals surface area contributed by atoms with E-state index in [-0.39, 0.29) is 17.0 Å². The van der Waals surface area contributed by atoms with Gasteiger partial charge in [0.25, 0.3) is 0 Å². The van der Waals surface area contributed by atoms with E-state index in [9.17, 15) is 14.6 Å². The molecule has 0 bridgehead atoms. The van der Waals surface area contributed by atoms with E-state index in [2.05, 4.69) is 0 Å². The minimum atomic E-state index is -3.13. The fourth-order valence-corrected chi connectivity index (χ4v) is 3.13. The summed E-state index contributed by atoms with van der Waals surface area (Å²) in [5.41, 5.74) is 2.04. The van der Waals surface area contributed by atoms with Crippen molar-refractivity contribution in [2.24, 2.45) is 0 Å². The van der Waals surface area contributed by atoms with Gasteiger partial charge in [-0.2, -0.15) is 0 Å². The molecule has 1 rings (SSSR count). The standard InChI is InChI=1S/C16H27O3P/c1-15(2,3)12-8-11(10-20(7,18)19)9-13(14(12)17)16(4,5)6/h8-9,17H,10H2,1-7H3,(H,18,19). The Morgan fingerprint density at radius 1 is 1.00 bits per heavy atom. The maximum atomic E-state index is 11.7. The molecule has 0 aliphatic carbocycles. The second kappa shape index (κ2) is 5.20. The van der Waals surface area contributed by atoms with E-state index in [1.807, 2.05) is 53.7 Å². The molecule has 0 radical (unpaired) electrons. The molecule has 0 amide bonds. The Hall–Kier alpha value is -0.790. The summed E-state index contributed by atoms with van der Waals surface area (Å²) >= 11 is 0. The molecule has 0 saturated heterocycles. The van der Waals surface area contributed by atoms with E-state index in [4.69, 9.17) is 0 Å². The maximum Gasteiger partial charge on any atom is 0.201 e. The number of benzene rings is 1. The third kappa shape index (κ3) is 4.36. The lowest BCUT2D eigenvalue weighted by atomic mass is 9.78. The van der Waals surface area contributed by atoms with E-state index in [0.29, 0.717) is 5.75 Å². The Bertz CT molecular complexity index is 507. The molecular weight excluding hydrogens is 271 g/mol. The van der Waals surface area contributed by atoms with E-state index in [1.165, 1.54) is 6.66 Å². The summed E-state index contributed by atoms with van der Waals surface area (Å²) < 4.78 is 11.7. The summed E-state index contributed by atoms with van der Waals surface area (Å²) in [5.74, 6) is 0.303. The summed E-state index contributed by atoms with van der Waals surface area (Å²) in [6, 6.07) is 3.72. The Balaban J connectivity index is 3.55. The van der Waals surface area contributed by atoms with Crippen molar-refractivity contribution in [1.82, 2.24) is 0 Å². The van der Waals surface area contributed by atoms with Crippen LogP contribution in [0.15, 0.2) is 12.1 Å². The monoisotopic (exact) mass is 298 g/mol. The number of hydrogen-bond donors (Lipinski definition) is 2. The molecule has 1 aromatic carbocycles. The van der Waals surface area contributed by atoms with Crippen molar-refractivity contribution in [3.63, 3.8) is 0 Å². The minimum Gasteiger partial charge on any atom is -0.507 e. The molecule has 0 fully saturated rings. The molecule has 3 nitrogen and oxygen atoms in total. The van der Waals surface area contributed by atoms with Crippen LogP contribution in [0.5, 0.6) is 5.75 Å². The van der Waals surface area contributed by atoms with Crippen molar-refractivity contribution >= 4 is 7.37 Å². The van der Waals surface area contributed by atoms with Crippen LogP contribution in [-0.4, -0.2) is 16.7 Å². The van der Waals surface area contributed by atoms with Crippen LogP contribution in [0.4, 0.5) is 0 Å². The molecule has 0 aliphatic heterocycles. The lowest BCUT2D eigenvalue weighted by Gasteiger charge is -2.28. The molecule has 0 saturated carbocycles. The Labute approximate surface area is 122 Å². The van der Waals surface area contributed by atoms with Crippen molar-refractivity contribution < 1.29 is 14.6 Å². The molecule has 1 unspecified atom stereocenters. The van der Waals surface area contributed by atoms with Gasteiger partial charge in [0.2, 0.25) is 7.37 Å². The van der Waals surface area contributed by atoms with Crippen molar-refractivity contribution in [1.29, 1.82) is 0 Å². The molecule has 2 N–H and O–H groups in total. The molecule has 0 heterocycles. The smallest absolute Gasteiger partial charge is 0.201 e. The lowest BCUT2D eigenvalue weighted by molar-refractivity contribution is 0.422. The minimum absolute atomic E-state index is 0.138. The van der Waals surface area contributed by atoms with Crippen LogP contribution in [0.25, 0.3) is 0 Å². The van der Waals surface area contributed by atoms with Gasteiger partial charge in [-0.1, -0.05) is 53.7 Å². The maximum absolute atomic E-state index is 11.7. The zero-order chi connectivity index (χ0) is 15.9. The number of phenolic OH excluding ortho intramolecular Hbond substituents is 1. The van der Waals surface area contributed by atoms with Gasteiger partial charge in [0.15, 0.2) is 0 Å². The van der Waals surface area contributed by atoms with Crippen LogP contribution < -0.4 is 0 Å². The first-order chi connectivity index (χ1) is 8.72. The van der Waals surface area contributed by atoms with E-state index < -0.39 is 7.37 Å². The van der Waals surface area contributed by atoms with E-state index >= 15 is 0 Å². The molecule has 0 aliphatic rings. The first-order valence-corrected chi connectivity index (χ1v) is 9.17. The molecule has 1 atom stereocenters. The van der Waals surface area contributed by atoms with Crippen LogP contribution in [0.3, 0.4) is 0 Å². The van der Waals surface area contributed by atoms with Gasteiger partial charge in [-0.15, -0.1) is 0 Å². The van der Waals surface area contributed by atoms with Gasteiger partial charge < -0.3 is 10.00 Å².